The lowest BCUT2D eigenvalue weighted by atomic mass is 10.2. The predicted molar refractivity (Wildman–Crippen MR) is 125 cm³/mol. The van der Waals surface area contributed by atoms with Crippen LogP contribution in [-0.4, -0.2) is 42.5 Å². The van der Waals surface area contributed by atoms with E-state index in [1.54, 1.807) is 31.5 Å². The summed E-state index contributed by atoms with van der Waals surface area (Å²) < 4.78 is 24.5. The molecule has 32 heavy (non-hydrogen) atoms. The van der Waals surface area contributed by atoms with Gasteiger partial charge in [0.15, 0.2) is 11.6 Å². The summed E-state index contributed by atoms with van der Waals surface area (Å²) in [4.78, 5) is 21.0. The van der Waals surface area contributed by atoms with Crippen molar-refractivity contribution < 1.29 is 18.7 Å². The van der Waals surface area contributed by atoms with Gasteiger partial charge in [-0.15, -0.1) is 11.8 Å². The Kier molecular flexibility index (Phi) is 8.23. The number of halogens is 1. The van der Waals surface area contributed by atoms with Crippen LogP contribution in [0.2, 0.25) is 0 Å². The van der Waals surface area contributed by atoms with Gasteiger partial charge in [-0.1, -0.05) is 6.07 Å². The van der Waals surface area contributed by atoms with Crippen LogP contribution in [0.5, 0.6) is 5.75 Å². The molecule has 0 bridgehead atoms. The fourth-order valence-corrected chi connectivity index (χ4v) is 3.19. The number of nitrogens with one attached hydrogen (secondary N) is 3. The number of methoxy groups -OCH3 is 1. The van der Waals surface area contributed by atoms with E-state index in [2.05, 4.69) is 25.9 Å². The molecule has 1 heterocycles. The zero-order chi connectivity index (χ0) is 22.9. The predicted octanol–water partition coefficient (Wildman–Crippen LogP) is 4.81. The molecule has 8 nitrogen and oxygen atoms in total. The van der Waals surface area contributed by atoms with Crippen LogP contribution in [0, 0.1) is 5.82 Å². The van der Waals surface area contributed by atoms with Crippen molar-refractivity contribution in [2.75, 3.05) is 42.5 Å². The summed E-state index contributed by atoms with van der Waals surface area (Å²) >= 11 is 1.49. The zero-order valence-corrected chi connectivity index (χ0v) is 18.8. The SMILES string of the molecule is COCCOc1ccc(Nc2ncc(SC)c(Nc3cccc(NC(C)=O)c3)n2)cc1F. The Labute approximate surface area is 190 Å². The number of thioether (sulfide) groups is 1. The Balaban J connectivity index is 1.76. The van der Waals surface area contributed by atoms with Crippen molar-refractivity contribution in [2.24, 2.45) is 0 Å². The molecule has 1 amide bonds. The number of nitrogens with zero attached hydrogens (tertiary/aromatic N) is 2. The Morgan fingerprint density at radius 3 is 2.59 bits per heavy atom. The van der Waals surface area contributed by atoms with E-state index in [0.717, 1.165) is 10.6 Å². The van der Waals surface area contributed by atoms with Gasteiger partial charge < -0.3 is 25.4 Å². The van der Waals surface area contributed by atoms with Crippen molar-refractivity contribution in [1.82, 2.24) is 9.97 Å². The molecule has 0 unspecified atom stereocenters. The summed E-state index contributed by atoms with van der Waals surface area (Å²) in [5.74, 6) is 0.376. The van der Waals surface area contributed by atoms with Crippen molar-refractivity contribution in [3.63, 3.8) is 0 Å². The molecule has 10 heteroatoms. The molecule has 0 fully saturated rings. The Morgan fingerprint density at radius 2 is 1.88 bits per heavy atom. The molecule has 0 aliphatic carbocycles. The van der Waals surface area contributed by atoms with Crippen LogP contribution in [0.1, 0.15) is 6.92 Å². The second kappa shape index (κ2) is 11.3. The van der Waals surface area contributed by atoms with Crippen molar-refractivity contribution in [1.29, 1.82) is 0 Å². The average molecular weight is 458 g/mol. The lowest BCUT2D eigenvalue weighted by Crippen LogP contribution is -2.06. The lowest BCUT2D eigenvalue weighted by molar-refractivity contribution is -0.114. The van der Waals surface area contributed by atoms with E-state index in [0.29, 0.717) is 29.7 Å². The van der Waals surface area contributed by atoms with Crippen LogP contribution < -0.4 is 20.7 Å². The van der Waals surface area contributed by atoms with Crippen LogP contribution in [0.4, 0.5) is 33.2 Å². The average Bonchev–Trinajstić information content (AvgIpc) is 2.75. The molecule has 0 saturated carbocycles. The minimum atomic E-state index is -0.500. The molecule has 2 aromatic carbocycles. The van der Waals surface area contributed by atoms with Crippen LogP contribution in [0.3, 0.4) is 0 Å². The molecule has 0 aliphatic heterocycles. The number of rotatable bonds is 10. The number of hydrogen-bond donors (Lipinski definition) is 3. The second-order valence-electron chi connectivity index (χ2n) is 6.61. The van der Waals surface area contributed by atoms with Gasteiger partial charge in [-0.3, -0.25) is 4.79 Å². The van der Waals surface area contributed by atoms with E-state index in [4.69, 9.17) is 9.47 Å². The first-order valence-electron chi connectivity index (χ1n) is 9.72. The molecule has 0 spiro atoms. The fraction of sp³-hybridized carbons (Fsp3) is 0.227. The van der Waals surface area contributed by atoms with E-state index in [1.165, 1.54) is 30.8 Å². The first kappa shape index (κ1) is 23.3. The van der Waals surface area contributed by atoms with Gasteiger partial charge in [-0.05, 0) is 36.6 Å². The van der Waals surface area contributed by atoms with Gasteiger partial charge in [0.2, 0.25) is 11.9 Å². The highest BCUT2D eigenvalue weighted by Crippen LogP contribution is 2.29. The van der Waals surface area contributed by atoms with Gasteiger partial charge in [-0.25, -0.2) is 9.37 Å². The Morgan fingerprint density at radius 1 is 1.09 bits per heavy atom. The largest absolute Gasteiger partial charge is 0.488 e. The summed E-state index contributed by atoms with van der Waals surface area (Å²) in [6, 6.07) is 11.8. The van der Waals surface area contributed by atoms with Crippen LogP contribution >= 0.6 is 11.8 Å². The monoisotopic (exact) mass is 457 g/mol. The van der Waals surface area contributed by atoms with E-state index in [-0.39, 0.29) is 18.3 Å². The van der Waals surface area contributed by atoms with E-state index in [1.807, 2.05) is 18.4 Å². The van der Waals surface area contributed by atoms with Crippen LogP contribution in [0.25, 0.3) is 0 Å². The molecular formula is C22H24FN5O3S. The number of carbonyl (C=O) groups is 1. The van der Waals surface area contributed by atoms with Gasteiger partial charge in [0.25, 0.3) is 0 Å². The molecule has 3 rings (SSSR count). The number of benzene rings is 2. The smallest absolute Gasteiger partial charge is 0.229 e. The number of ether oxygens (including phenoxy) is 2. The highest BCUT2D eigenvalue weighted by atomic mass is 32.2. The molecule has 0 aliphatic rings. The van der Waals surface area contributed by atoms with Crippen molar-refractivity contribution >= 4 is 46.5 Å². The summed E-state index contributed by atoms with van der Waals surface area (Å²) in [5, 5.41) is 9.00. The standard InChI is InChI=1S/C22H24FN5O3S/c1-14(29)25-15-5-4-6-16(11-15)26-21-20(32-3)13-24-22(28-21)27-17-7-8-19(18(23)12-17)31-10-9-30-2/h4-8,11-13H,9-10H2,1-3H3,(H,25,29)(H2,24,26,27,28). The maximum atomic E-state index is 14.3. The van der Waals surface area contributed by atoms with Gasteiger partial charge in [-0.2, -0.15) is 4.98 Å². The van der Waals surface area contributed by atoms with E-state index < -0.39 is 5.82 Å². The van der Waals surface area contributed by atoms with Crippen LogP contribution in [-0.2, 0) is 9.53 Å². The molecule has 0 atom stereocenters. The first-order valence-corrected chi connectivity index (χ1v) is 10.9. The number of anilines is 5. The number of amides is 1. The molecule has 0 radical (unpaired) electrons. The maximum Gasteiger partial charge on any atom is 0.229 e. The van der Waals surface area contributed by atoms with Crippen molar-refractivity contribution in [3.05, 3.63) is 54.5 Å². The molecule has 3 aromatic rings. The van der Waals surface area contributed by atoms with E-state index >= 15 is 0 Å². The van der Waals surface area contributed by atoms with Crippen LogP contribution in [0.15, 0.2) is 53.6 Å². The minimum absolute atomic E-state index is 0.146. The highest BCUT2D eigenvalue weighted by Gasteiger charge is 2.10. The fourth-order valence-electron chi connectivity index (χ4n) is 2.74. The lowest BCUT2D eigenvalue weighted by Gasteiger charge is -2.13. The topological polar surface area (TPSA) is 97.4 Å². The Hall–Kier alpha value is -3.37. The molecule has 3 N–H and O–H groups in total. The van der Waals surface area contributed by atoms with Gasteiger partial charge in [0.05, 0.1) is 11.5 Å². The van der Waals surface area contributed by atoms with Gasteiger partial charge in [0, 0.05) is 43.4 Å². The van der Waals surface area contributed by atoms with Crippen molar-refractivity contribution in [3.8, 4) is 5.75 Å². The third kappa shape index (κ3) is 6.56. The van der Waals surface area contributed by atoms with Gasteiger partial charge >= 0.3 is 0 Å². The molecular weight excluding hydrogens is 433 g/mol. The number of hydrogen-bond acceptors (Lipinski definition) is 8. The second-order valence-corrected chi connectivity index (χ2v) is 7.46. The number of aromatic nitrogens is 2. The third-order valence-electron chi connectivity index (χ3n) is 4.15. The minimum Gasteiger partial charge on any atom is -0.488 e. The molecule has 1 aromatic heterocycles. The van der Waals surface area contributed by atoms with E-state index in [9.17, 15) is 9.18 Å². The molecule has 0 saturated heterocycles. The third-order valence-corrected chi connectivity index (χ3v) is 4.89. The summed E-state index contributed by atoms with van der Waals surface area (Å²) in [7, 11) is 1.55. The summed E-state index contributed by atoms with van der Waals surface area (Å²) in [6.07, 6.45) is 3.60. The number of carbonyl (C=O) groups excluding carboxylic acids is 1. The zero-order valence-electron chi connectivity index (χ0n) is 17.9. The highest BCUT2D eigenvalue weighted by molar-refractivity contribution is 7.98. The normalized spacial score (nSPS) is 10.5. The van der Waals surface area contributed by atoms with Crippen molar-refractivity contribution in [2.45, 2.75) is 11.8 Å². The summed E-state index contributed by atoms with van der Waals surface area (Å²) in [5.41, 5.74) is 1.90. The Bertz CT molecular complexity index is 1080. The summed E-state index contributed by atoms with van der Waals surface area (Å²) in [6.45, 7) is 2.09. The quantitative estimate of drug-likeness (QED) is 0.295. The van der Waals surface area contributed by atoms with Gasteiger partial charge in [0.1, 0.15) is 12.4 Å². The molecule has 168 valence electrons. The maximum absolute atomic E-state index is 14.3. The first-order chi connectivity index (χ1) is 15.5.